The van der Waals surface area contributed by atoms with Gasteiger partial charge in [0.2, 0.25) is 0 Å². The molecule has 0 spiro atoms. The van der Waals surface area contributed by atoms with Gasteiger partial charge in [-0.3, -0.25) is 0 Å². The summed E-state index contributed by atoms with van der Waals surface area (Å²) in [6.07, 6.45) is 15.8. The molecule has 0 radical (unpaired) electrons. The van der Waals surface area contributed by atoms with Gasteiger partial charge in [-0.2, -0.15) is 0 Å². The van der Waals surface area contributed by atoms with Gasteiger partial charge in [0.1, 0.15) is 0 Å². The first-order chi connectivity index (χ1) is 29.2. The summed E-state index contributed by atoms with van der Waals surface area (Å²) in [5.41, 5.74) is 19.5. The average Bonchev–Trinajstić information content (AvgIpc) is 3.52. The van der Waals surface area contributed by atoms with E-state index >= 15 is 0 Å². The van der Waals surface area contributed by atoms with Crippen LogP contribution in [0.25, 0.3) is 49.7 Å². The lowest BCUT2D eigenvalue weighted by Gasteiger charge is -2.32. The van der Waals surface area contributed by atoms with E-state index in [4.69, 9.17) is 0 Å². The third-order valence-electron chi connectivity index (χ3n) is 13.9. The maximum absolute atomic E-state index is 2.57. The van der Waals surface area contributed by atoms with Crippen molar-refractivity contribution in [3.05, 3.63) is 192 Å². The molecule has 1 saturated carbocycles. The van der Waals surface area contributed by atoms with Gasteiger partial charge in [-0.05, 0) is 134 Å². The third-order valence-corrected chi connectivity index (χ3v) is 13.9. The van der Waals surface area contributed by atoms with E-state index in [1.54, 1.807) is 0 Å². The van der Waals surface area contributed by atoms with Gasteiger partial charge < -0.3 is 4.90 Å². The van der Waals surface area contributed by atoms with Crippen molar-refractivity contribution in [2.45, 2.75) is 96.3 Å². The lowest BCUT2D eigenvalue weighted by Crippen LogP contribution is -2.17. The standard InChI is InChI=1S/C59H57N/c1-58(2,3)45-33-37-47(41-18-8-6-9-19-41)56(39-45)60(46-34-30-40(31-35-46)44-32-36-50-49-24-12-14-28-53(49)59(4,5)54(50)38-44)55-29-15-13-25-51(55)52-27-17-23-43-22-16-26-48(57(43)52)42-20-10-7-11-21-42/h8,12-19,22-39,42H,6-7,9-11,20-21H2,1-5H3. The quantitative estimate of drug-likeness (QED) is 0.156. The largest absolute Gasteiger partial charge is 0.309 e. The molecule has 60 heavy (non-hydrogen) atoms. The van der Waals surface area contributed by atoms with Crippen molar-refractivity contribution in [1.29, 1.82) is 0 Å². The predicted molar refractivity (Wildman–Crippen MR) is 258 cm³/mol. The van der Waals surface area contributed by atoms with E-state index in [-0.39, 0.29) is 10.8 Å². The number of allylic oxidation sites excluding steroid dienone is 4. The Kier molecular flexibility index (Phi) is 9.75. The van der Waals surface area contributed by atoms with Crippen molar-refractivity contribution in [2.24, 2.45) is 0 Å². The van der Waals surface area contributed by atoms with Crippen LogP contribution in [0, 0.1) is 0 Å². The lowest BCUT2D eigenvalue weighted by molar-refractivity contribution is 0.445. The molecule has 1 heteroatoms. The van der Waals surface area contributed by atoms with Crippen LogP contribution in [0.4, 0.5) is 17.1 Å². The van der Waals surface area contributed by atoms with Crippen LogP contribution in [0.5, 0.6) is 0 Å². The highest BCUT2D eigenvalue weighted by Crippen LogP contribution is 2.51. The molecule has 3 aliphatic rings. The lowest BCUT2D eigenvalue weighted by atomic mass is 9.80. The van der Waals surface area contributed by atoms with Crippen LogP contribution in [0.15, 0.2) is 164 Å². The van der Waals surface area contributed by atoms with Gasteiger partial charge in [0.25, 0.3) is 0 Å². The van der Waals surface area contributed by atoms with Gasteiger partial charge in [0, 0.05) is 22.2 Å². The molecule has 1 nitrogen and oxygen atoms in total. The third kappa shape index (κ3) is 6.73. The molecule has 0 N–H and O–H groups in total. The Bertz CT molecular complexity index is 2790. The van der Waals surface area contributed by atoms with E-state index in [0.717, 1.165) is 18.5 Å². The van der Waals surface area contributed by atoms with Crippen LogP contribution in [-0.4, -0.2) is 0 Å². The average molecular weight is 780 g/mol. The molecular weight excluding hydrogens is 723 g/mol. The van der Waals surface area contributed by atoms with Crippen LogP contribution < -0.4 is 4.90 Å². The molecule has 0 atom stereocenters. The second-order valence-electron chi connectivity index (χ2n) is 19.0. The zero-order valence-electron chi connectivity index (χ0n) is 36.1. The second-order valence-corrected chi connectivity index (χ2v) is 19.0. The number of hydrogen-bond donors (Lipinski definition) is 0. The van der Waals surface area contributed by atoms with E-state index in [1.807, 2.05) is 0 Å². The summed E-state index contributed by atoms with van der Waals surface area (Å²) in [5.74, 6) is 0.596. The van der Waals surface area contributed by atoms with Crippen molar-refractivity contribution in [2.75, 3.05) is 4.90 Å². The fourth-order valence-electron chi connectivity index (χ4n) is 10.6. The van der Waals surface area contributed by atoms with Crippen LogP contribution in [0.3, 0.4) is 0 Å². The number of benzene rings is 7. The van der Waals surface area contributed by atoms with Gasteiger partial charge in [-0.15, -0.1) is 0 Å². The number of nitrogens with zero attached hydrogens (tertiary/aromatic N) is 1. The molecule has 0 bridgehead atoms. The SMILES string of the molecule is CC(C)(C)c1ccc(C2=CCCC=C2)c(N(c2ccc(-c3ccc4c(c3)C(C)(C)c3ccccc3-4)cc2)c2ccccc2-c2cccc3cccc(C4CCCCC4)c23)c1. The van der Waals surface area contributed by atoms with Crippen molar-refractivity contribution in [3.8, 4) is 33.4 Å². The molecule has 0 amide bonds. The minimum Gasteiger partial charge on any atom is -0.309 e. The summed E-state index contributed by atoms with van der Waals surface area (Å²) in [7, 11) is 0. The summed E-state index contributed by atoms with van der Waals surface area (Å²) < 4.78 is 0. The minimum atomic E-state index is -0.0441. The maximum Gasteiger partial charge on any atom is 0.0543 e. The molecule has 1 fully saturated rings. The van der Waals surface area contributed by atoms with Crippen LogP contribution in [0.1, 0.15) is 113 Å². The number of fused-ring (bicyclic) bond motifs is 4. The van der Waals surface area contributed by atoms with E-state index in [9.17, 15) is 0 Å². The summed E-state index contributed by atoms with van der Waals surface area (Å²) in [5, 5.41) is 2.74. The normalized spacial score (nSPS) is 16.1. The summed E-state index contributed by atoms with van der Waals surface area (Å²) in [6.45, 7) is 11.7. The summed E-state index contributed by atoms with van der Waals surface area (Å²) in [4.78, 5) is 2.57. The smallest absolute Gasteiger partial charge is 0.0543 e. The molecule has 7 aromatic rings. The van der Waals surface area contributed by atoms with Gasteiger partial charge in [-0.25, -0.2) is 0 Å². The number of rotatable bonds is 7. The van der Waals surface area contributed by atoms with Gasteiger partial charge in [0.15, 0.2) is 0 Å². The highest BCUT2D eigenvalue weighted by Gasteiger charge is 2.35. The molecule has 298 valence electrons. The Balaban J connectivity index is 1.17. The fraction of sp³-hybridized carbons (Fsp3) is 0.254. The van der Waals surface area contributed by atoms with E-state index in [1.165, 1.54) is 121 Å². The van der Waals surface area contributed by atoms with E-state index in [2.05, 4.69) is 203 Å². The molecule has 3 aliphatic carbocycles. The van der Waals surface area contributed by atoms with E-state index in [0.29, 0.717) is 5.92 Å². The molecule has 10 rings (SSSR count). The topological polar surface area (TPSA) is 3.24 Å². The first-order valence-corrected chi connectivity index (χ1v) is 22.4. The Labute approximate surface area is 358 Å². The summed E-state index contributed by atoms with van der Waals surface area (Å²) in [6, 6.07) is 55.8. The van der Waals surface area contributed by atoms with Crippen molar-refractivity contribution in [3.63, 3.8) is 0 Å². The molecule has 0 unspecified atom stereocenters. The number of hydrogen-bond acceptors (Lipinski definition) is 1. The fourth-order valence-corrected chi connectivity index (χ4v) is 10.6. The maximum atomic E-state index is 2.57. The Hall–Kier alpha value is -5.92. The molecular formula is C59H57N. The van der Waals surface area contributed by atoms with Gasteiger partial charge in [-0.1, -0.05) is 187 Å². The number of para-hydroxylation sites is 1. The van der Waals surface area contributed by atoms with Crippen molar-refractivity contribution in [1.82, 2.24) is 0 Å². The first-order valence-electron chi connectivity index (χ1n) is 22.4. The Morgan fingerprint density at radius 1 is 0.550 bits per heavy atom. The van der Waals surface area contributed by atoms with Gasteiger partial charge >= 0.3 is 0 Å². The Morgan fingerprint density at radius 3 is 2.00 bits per heavy atom. The molecule has 0 aromatic heterocycles. The van der Waals surface area contributed by atoms with Crippen molar-refractivity contribution < 1.29 is 0 Å². The zero-order chi connectivity index (χ0) is 41.0. The van der Waals surface area contributed by atoms with E-state index < -0.39 is 0 Å². The van der Waals surface area contributed by atoms with Crippen LogP contribution in [0.2, 0.25) is 0 Å². The van der Waals surface area contributed by atoms with Crippen LogP contribution >= 0.6 is 0 Å². The Morgan fingerprint density at radius 2 is 1.23 bits per heavy atom. The highest BCUT2D eigenvalue weighted by molar-refractivity contribution is 6.04. The monoisotopic (exact) mass is 779 g/mol. The summed E-state index contributed by atoms with van der Waals surface area (Å²) >= 11 is 0. The molecule has 0 aliphatic heterocycles. The predicted octanol–water partition coefficient (Wildman–Crippen LogP) is 17.0. The van der Waals surface area contributed by atoms with Crippen molar-refractivity contribution >= 4 is 33.4 Å². The highest BCUT2D eigenvalue weighted by atomic mass is 15.1. The first kappa shape index (κ1) is 38.3. The van der Waals surface area contributed by atoms with Gasteiger partial charge in [0.05, 0.1) is 11.4 Å². The second kappa shape index (κ2) is 15.3. The minimum absolute atomic E-state index is 0.0232. The molecule has 7 aromatic carbocycles. The molecule has 0 saturated heterocycles. The number of anilines is 3. The molecule has 0 heterocycles. The van der Waals surface area contributed by atoms with Crippen LogP contribution in [-0.2, 0) is 10.8 Å². The zero-order valence-corrected chi connectivity index (χ0v) is 36.1.